The molecular weight excluding hydrogens is 330 g/mol. The van der Waals surface area contributed by atoms with Gasteiger partial charge in [-0.1, -0.05) is 51.8 Å². The summed E-state index contributed by atoms with van der Waals surface area (Å²) in [6.45, 7) is 8.66. The molecule has 0 radical (unpaired) electrons. The molecule has 0 aliphatic rings. The molecule has 1 atom stereocenters. The highest BCUT2D eigenvalue weighted by Crippen LogP contribution is 2.09. The van der Waals surface area contributed by atoms with Crippen molar-refractivity contribution in [2.45, 2.75) is 59.0 Å². The number of carbonyl (C=O) groups excluding carboxylic acids is 2. The van der Waals surface area contributed by atoms with E-state index in [2.05, 4.69) is 18.7 Å². The van der Waals surface area contributed by atoms with Crippen LogP contribution in [0.2, 0.25) is 0 Å². The van der Waals surface area contributed by atoms with E-state index in [0.717, 1.165) is 38.8 Å². The Morgan fingerprint density at radius 1 is 1.00 bits per heavy atom. The number of hydrogen-bond acceptors (Lipinski definition) is 5. The Balaban J connectivity index is 2.73. The standard InChI is InChI=1S/C21H33NO4/c1-4-7-14-22(15-8-5-2)16-19(17-25-20(23)6-3)26-21(24)18-12-10-9-11-13-18/h9-13,19H,4-8,14-17H2,1-3H3. The number of nitrogens with zero attached hydrogens (tertiary/aromatic N) is 1. The summed E-state index contributed by atoms with van der Waals surface area (Å²) in [6, 6.07) is 8.91. The van der Waals surface area contributed by atoms with E-state index in [9.17, 15) is 9.59 Å². The molecular formula is C21H33NO4. The molecule has 0 aromatic heterocycles. The second-order valence-electron chi connectivity index (χ2n) is 6.44. The molecule has 1 aromatic rings. The van der Waals surface area contributed by atoms with Gasteiger partial charge in [0, 0.05) is 13.0 Å². The maximum absolute atomic E-state index is 12.4. The molecule has 0 amide bonds. The van der Waals surface area contributed by atoms with Crippen molar-refractivity contribution in [2.24, 2.45) is 0 Å². The third kappa shape index (κ3) is 8.99. The average Bonchev–Trinajstić information content (AvgIpc) is 2.68. The molecule has 1 rings (SSSR count). The van der Waals surface area contributed by atoms with Crippen molar-refractivity contribution in [3.05, 3.63) is 35.9 Å². The summed E-state index contributed by atoms with van der Waals surface area (Å²) in [5, 5.41) is 0. The van der Waals surface area contributed by atoms with E-state index < -0.39 is 6.10 Å². The molecule has 26 heavy (non-hydrogen) atoms. The summed E-state index contributed by atoms with van der Waals surface area (Å²) in [5.74, 6) is -0.659. The molecule has 0 aliphatic carbocycles. The Morgan fingerprint density at radius 2 is 1.62 bits per heavy atom. The van der Waals surface area contributed by atoms with Crippen LogP contribution in [-0.2, 0) is 14.3 Å². The van der Waals surface area contributed by atoms with Gasteiger partial charge in [0.2, 0.25) is 0 Å². The van der Waals surface area contributed by atoms with Crippen LogP contribution >= 0.6 is 0 Å². The molecule has 0 saturated carbocycles. The fraction of sp³-hybridized carbons (Fsp3) is 0.619. The van der Waals surface area contributed by atoms with E-state index >= 15 is 0 Å². The predicted molar refractivity (Wildman–Crippen MR) is 103 cm³/mol. The van der Waals surface area contributed by atoms with Crippen LogP contribution in [0.25, 0.3) is 0 Å². The smallest absolute Gasteiger partial charge is 0.338 e. The van der Waals surface area contributed by atoms with Crippen LogP contribution < -0.4 is 0 Å². The molecule has 0 spiro atoms. The maximum Gasteiger partial charge on any atom is 0.338 e. The van der Waals surface area contributed by atoms with Crippen molar-refractivity contribution in [3.63, 3.8) is 0 Å². The van der Waals surface area contributed by atoms with Crippen LogP contribution in [0.4, 0.5) is 0 Å². The Labute approximate surface area is 157 Å². The summed E-state index contributed by atoms with van der Waals surface area (Å²) >= 11 is 0. The van der Waals surface area contributed by atoms with Gasteiger partial charge in [-0.3, -0.25) is 9.69 Å². The van der Waals surface area contributed by atoms with Gasteiger partial charge in [0.1, 0.15) is 12.7 Å². The van der Waals surface area contributed by atoms with E-state index in [1.807, 2.05) is 6.07 Å². The van der Waals surface area contributed by atoms with Crippen LogP contribution in [0.3, 0.4) is 0 Å². The Bertz CT molecular complexity index is 510. The molecule has 5 heteroatoms. The minimum atomic E-state index is -0.466. The summed E-state index contributed by atoms with van der Waals surface area (Å²) in [4.78, 5) is 26.2. The Morgan fingerprint density at radius 3 is 2.15 bits per heavy atom. The Hall–Kier alpha value is -1.88. The van der Waals surface area contributed by atoms with Crippen molar-refractivity contribution in [1.82, 2.24) is 4.90 Å². The van der Waals surface area contributed by atoms with Crippen molar-refractivity contribution in [1.29, 1.82) is 0 Å². The van der Waals surface area contributed by atoms with Crippen LogP contribution in [0.15, 0.2) is 30.3 Å². The topological polar surface area (TPSA) is 55.8 Å². The van der Waals surface area contributed by atoms with E-state index in [0.29, 0.717) is 18.5 Å². The van der Waals surface area contributed by atoms with E-state index in [4.69, 9.17) is 9.47 Å². The lowest BCUT2D eigenvalue weighted by atomic mass is 10.2. The lowest BCUT2D eigenvalue weighted by molar-refractivity contribution is -0.146. The first-order valence-corrected chi connectivity index (χ1v) is 9.74. The van der Waals surface area contributed by atoms with Gasteiger partial charge >= 0.3 is 11.9 Å². The van der Waals surface area contributed by atoms with E-state index in [1.54, 1.807) is 31.2 Å². The van der Waals surface area contributed by atoms with Gasteiger partial charge in [-0.15, -0.1) is 0 Å². The second-order valence-corrected chi connectivity index (χ2v) is 6.44. The van der Waals surface area contributed by atoms with E-state index in [1.165, 1.54) is 0 Å². The monoisotopic (exact) mass is 363 g/mol. The van der Waals surface area contributed by atoms with Gasteiger partial charge in [-0.25, -0.2) is 4.79 Å². The summed E-state index contributed by atoms with van der Waals surface area (Å²) in [5.41, 5.74) is 0.507. The number of unbranched alkanes of at least 4 members (excludes halogenated alkanes) is 2. The molecule has 0 N–H and O–H groups in total. The van der Waals surface area contributed by atoms with Gasteiger partial charge < -0.3 is 9.47 Å². The number of rotatable bonds is 13. The number of ether oxygens (including phenoxy) is 2. The summed E-state index contributed by atoms with van der Waals surface area (Å²) < 4.78 is 10.9. The fourth-order valence-corrected chi connectivity index (χ4v) is 2.55. The lowest BCUT2D eigenvalue weighted by Gasteiger charge is -2.27. The molecule has 0 saturated heterocycles. The predicted octanol–water partition coefficient (Wildman–Crippen LogP) is 4.07. The zero-order valence-corrected chi connectivity index (χ0v) is 16.4. The fourth-order valence-electron chi connectivity index (χ4n) is 2.55. The largest absolute Gasteiger partial charge is 0.462 e. The first kappa shape index (κ1) is 22.2. The summed E-state index contributed by atoms with van der Waals surface area (Å²) in [6.07, 6.45) is 4.26. The van der Waals surface area contributed by atoms with Gasteiger partial charge in [-0.2, -0.15) is 0 Å². The highest BCUT2D eigenvalue weighted by Gasteiger charge is 2.21. The van der Waals surface area contributed by atoms with Gasteiger partial charge in [0.15, 0.2) is 0 Å². The van der Waals surface area contributed by atoms with Gasteiger partial charge in [0.05, 0.1) is 5.56 Å². The normalized spacial score (nSPS) is 12.0. The number of benzene rings is 1. The number of esters is 2. The van der Waals surface area contributed by atoms with Crippen molar-refractivity contribution >= 4 is 11.9 Å². The summed E-state index contributed by atoms with van der Waals surface area (Å²) in [7, 11) is 0. The molecule has 146 valence electrons. The van der Waals surface area contributed by atoms with Gasteiger partial charge in [0.25, 0.3) is 0 Å². The zero-order valence-electron chi connectivity index (χ0n) is 16.4. The maximum atomic E-state index is 12.4. The minimum absolute atomic E-state index is 0.0972. The first-order valence-electron chi connectivity index (χ1n) is 9.74. The molecule has 0 fully saturated rings. The lowest BCUT2D eigenvalue weighted by Crippen LogP contribution is -2.39. The minimum Gasteiger partial charge on any atom is -0.462 e. The van der Waals surface area contributed by atoms with Crippen molar-refractivity contribution in [3.8, 4) is 0 Å². The van der Waals surface area contributed by atoms with Crippen LogP contribution in [0.5, 0.6) is 0 Å². The third-order valence-electron chi connectivity index (χ3n) is 4.12. The van der Waals surface area contributed by atoms with Crippen molar-refractivity contribution < 1.29 is 19.1 Å². The molecule has 1 aromatic carbocycles. The van der Waals surface area contributed by atoms with Crippen LogP contribution in [-0.4, -0.2) is 49.2 Å². The third-order valence-corrected chi connectivity index (χ3v) is 4.12. The molecule has 0 aliphatic heterocycles. The number of hydrogen-bond donors (Lipinski definition) is 0. The van der Waals surface area contributed by atoms with Crippen LogP contribution in [0.1, 0.15) is 63.2 Å². The molecule has 5 nitrogen and oxygen atoms in total. The molecule has 0 heterocycles. The highest BCUT2D eigenvalue weighted by atomic mass is 16.6. The SMILES string of the molecule is CCCCN(CCCC)CC(COC(=O)CC)OC(=O)c1ccccc1. The van der Waals surface area contributed by atoms with E-state index in [-0.39, 0.29) is 18.5 Å². The van der Waals surface area contributed by atoms with Crippen molar-refractivity contribution in [2.75, 3.05) is 26.2 Å². The van der Waals surface area contributed by atoms with Gasteiger partial charge in [-0.05, 0) is 38.1 Å². The van der Waals surface area contributed by atoms with Crippen LogP contribution in [0, 0.1) is 0 Å². The Kier molecular flexibility index (Phi) is 11.4. The average molecular weight is 363 g/mol. The first-order chi connectivity index (χ1) is 12.6. The zero-order chi connectivity index (χ0) is 19.2. The molecule has 0 bridgehead atoms. The quantitative estimate of drug-likeness (QED) is 0.495. The highest BCUT2D eigenvalue weighted by molar-refractivity contribution is 5.89. The second kappa shape index (κ2) is 13.3. The number of carbonyl (C=O) groups is 2. The molecule has 1 unspecified atom stereocenters.